The first-order valence-corrected chi connectivity index (χ1v) is 56.8. The normalized spacial score (nSPS) is 14.2. The van der Waals surface area contributed by atoms with Crippen LogP contribution in [0.5, 0.6) is 0 Å². The van der Waals surface area contributed by atoms with Gasteiger partial charge in [-0.15, -0.1) is 0 Å². The van der Waals surface area contributed by atoms with Crippen LogP contribution in [0.15, 0.2) is 158 Å². The molecule has 5 atom stereocenters. The molecule has 756 valence electrons. The molecular weight excluding hydrogens is 1680 g/mol. The molecule has 5 unspecified atom stereocenters. The summed E-state index contributed by atoms with van der Waals surface area (Å²) < 4.78 is 61.8. The van der Waals surface area contributed by atoms with E-state index in [0.29, 0.717) is 19.3 Å². The predicted molar refractivity (Wildman–Crippen MR) is 556 cm³/mol. The largest absolute Gasteiger partial charge is 0.472 e. The topological polar surface area (TPSA) is 231 Å². The number of phosphoric ester groups is 2. The molecule has 0 aliphatic rings. The SMILES string of the molecule is CC/C=C\C/C=C\C/C=C\C/C=C\C/C=C\CCCCCCCCCCCCCCCCCCCCCC(=O)OCC(O)COP(=O)(O)OCC(O)COP(=O)(O)OCC(COC(=O)CCCCCCCCCCCCCCCCCCC/C=C\C/C=C\C/C=C\C/C=C\CCCCC)OC(=O)CCCCCCCCCCCCC/C=C\C/C=C\C/C=C\C/C=C\CCCCC. The molecule has 0 aromatic heterocycles. The maximum Gasteiger partial charge on any atom is 0.472 e. The maximum atomic E-state index is 13.1. The summed E-state index contributed by atoms with van der Waals surface area (Å²) in [4.78, 5) is 59.3. The van der Waals surface area contributed by atoms with E-state index in [0.717, 1.165) is 141 Å². The van der Waals surface area contributed by atoms with Crippen molar-refractivity contribution in [2.45, 2.75) is 501 Å². The molecule has 0 aromatic rings. The first kappa shape index (κ1) is 126. The lowest BCUT2D eigenvalue weighted by molar-refractivity contribution is -0.161. The highest BCUT2D eigenvalue weighted by Crippen LogP contribution is 2.45. The zero-order valence-corrected chi connectivity index (χ0v) is 85.8. The van der Waals surface area contributed by atoms with E-state index in [1.807, 2.05) is 0 Å². The maximum absolute atomic E-state index is 13.1. The third kappa shape index (κ3) is 105. The van der Waals surface area contributed by atoms with Gasteiger partial charge in [0, 0.05) is 19.3 Å². The Hall–Kier alpha value is -4.83. The summed E-state index contributed by atoms with van der Waals surface area (Å²) in [6.07, 6.45) is 136. The van der Waals surface area contributed by atoms with Crippen LogP contribution in [0, 0.1) is 0 Å². The van der Waals surface area contributed by atoms with E-state index in [-0.39, 0.29) is 19.3 Å². The summed E-state index contributed by atoms with van der Waals surface area (Å²) >= 11 is 0. The molecule has 16 nitrogen and oxygen atoms in total. The molecule has 0 saturated heterocycles. The Bertz CT molecular complexity index is 3010. The third-order valence-corrected chi connectivity index (χ3v) is 25.1. The van der Waals surface area contributed by atoms with Crippen molar-refractivity contribution in [1.29, 1.82) is 0 Å². The third-order valence-electron chi connectivity index (χ3n) is 23.2. The van der Waals surface area contributed by atoms with E-state index in [1.54, 1.807) is 0 Å². The molecule has 0 aliphatic carbocycles. The van der Waals surface area contributed by atoms with E-state index in [9.17, 15) is 43.5 Å². The number of carbonyl (C=O) groups excluding carboxylic acids is 3. The number of esters is 3. The van der Waals surface area contributed by atoms with E-state index in [4.69, 9.17) is 32.3 Å². The van der Waals surface area contributed by atoms with Crippen molar-refractivity contribution in [3.63, 3.8) is 0 Å². The number of unbranched alkanes of at least 4 members (excludes halogenated alkanes) is 53. The van der Waals surface area contributed by atoms with Crippen LogP contribution in [-0.4, -0.2) is 95.9 Å². The Labute approximate surface area is 803 Å². The van der Waals surface area contributed by atoms with Crippen molar-refractivity contribution >= 4 is 33.6 Å². The van der Waals surface area contributed by atoms with Crippen LogP contribution in [0.1, 0.15) is 483 Å². The van der Waals surface area contributed by atoms with Crippen LogP contribution in [0.3, 0.4) is 0 Å². The smallest absolute Gasteiger partial charge is 0.463 e. The van der Waals surface area contributed by atoms with Gasteiger partial charge in [0.05, 0.1) is 26.4 Å². The molecule has 131 heavy (non-hydrogen) atoms. The summed E-state index contributed by atoms with van der Waals surface area (Å²) in [6.45, 7) is 2.61. The Balaban J connectivity index is 4.56. The molecule has 0 aliphatic heterocycles. The van der Waals surface area contributed by atoms with Crippen LogP contribution in [0.4, 0.5) is 0 Å². The van der Waals surface area contributed by atoms with Crippen molar-refractivity contribution in [2.75, 3.05) is 39.6 Å². The molecule has 0 radical (unpaired) electrons. The monoisotopic (exact) mass is 1870 g/mol. The highest BCUT2D eigenvalue weighted by atomic mass is 31.2. The van der Waals surface area contributed by atoms with Gasteiger partial charge in [0.15, 0.2) is 6.10 Å². The number of ether oxygens (including phenoxy) is 3. The first-order valence-electron chi connectivity index (χ1n) is 53.8. The second-order valence-electron chi connectivity index (χ2n) is 36.0. The predicted octanol–water partition coefficient (Wildman–Crippen LogP) is 34.4. The van der Waals surface area contributed by atoms with Gasteiger partial charge in [0.2, 0.25) is 0 Å². The standard InChI is InChI=1S/C113H198O16P2/c1-4-7-10-13-16-19-22-25-28-31-34-37-40-43-46-48-50-52-53-55-57-58-61-63-66-69-72-75-78-81-84-87-90-93-96-99-111(116)123-102-108(114)103-125-130(119,120)126-104-109(115)105-127-131(121,122)128-107-110(129-113(118)101-98-95-92-89-86-83-80-77-74-71-68-65-60-45-42-39-36-33-30-27-24-21-18-15-12-9-6-3)106-124-112(117)100-97-94-91-88-85-82-79-76-73-70-67-64-62-59-56-54-51-49-47-44-41-38-35-32-29-26-23-20-17-14-11-8-5-2/h7,10,16-21,25-30,34-39,43-47,60,108-110,114-115H,4-6,8-9,11-15,22-24,31-33,40-42,48-59,61-107H2,1-3H3,(H,119,120)(H,121,122)/b10-7-,19-16-,20-17-,21-18-,28-25-,29-26-,30-27-,37-34-,38-35-,39-36-,46-43-,47-44-,60-45-. The molecule has 0 aromatic carbocycles. The first-order chi connectivity index (χ1) is 64.2. The van der Waals surface area contributed by atoms with Crippen molar-refractivity contribution in [3.05, 3.63) is 158 Å². The number of hydrogen-bond donors (Lipinski definition) is 4. The van der Waals surface area contributed by atoms with Gasteiger partial charge >= 0.3 is 33.6 Å². The number of allylic oxidation sites excluding steroid dienone is 26. The van der Waals surface area contributed by atoms with Gasteiger partial charge in [-0.1, -0.05) is 468 Å². The van der Waals surface area contributed by atoms with Crippen LogP contribution < -0.4 is 0 Å². The lowest BCUT2D eigenvalue weighted by Crippen LogP contribution is -2.30. The van der Waals surface area contributed by atoms with E-state index in [2.05, 4.69) is 179 Å². The van der Waals surface area contributed by atoms with Gasteiger partial charge in [-0.2, -0.15) is 0 Å². The number of aliphatic hydroxyl groups excluding tert-OH is 2. The minimum atomic E-state index is -4.95. The van der Waals surface area contributed by atoms with Crippen molar-refractivity contribution in [1.82, 2.24) is 0 Å². The number of hydrogen-bond acceptors (Lipinski definition) is 14. The highest BCUT2D eigenvalue weighted by molar-refractivity contribution is 7.47. The molecule has 0 fully saturated rings. The molecule has 0 amide bonds. The van der Waals surface area contributed by atoms with Crippen LogP contribution in [0.2, 0.25) is 0 Å². The fraction of sp³-hybridized carbons (Fsp3) is 0.743. The minimum absolute atomic E-state index is 0.100. The van der Waals surface area contributed by atoms with E-state index >= 15 is 0 Å². The van der Waals surface area contributed by atoms with Gasteiger partial charge in [0.25, 0.3) is 0 Å². The van der Waals surface area contributed by atoms with Gasteiger partial charge in [0.1, 0.15) is 25.4 Å². The zero-order valence-electron chi connectivity index (χ0n) is 84.0. The number of carbonyl (C=O) groups is 3. The lowest BCUT2D eigenvalue weighted by atomic mass is 10.0. The second-order valence-corrected chi connectivity index (χ2v) is 38.9. The Morgan fingerprint density at radius 2 is 0.405 bits per heavy atom. The van der Waals surface area contributed by atoms with Crippen molar-refractivity contribution < 1.29 is 75.8 Å². The van der Waals surface area contributed by atoms with E-state index in [1.165, 1.54) is 283 Å². The van der Waals surface area contributed by atoms with Gasteiger partial charge < -0.3 is 34.2 Å². The summed E-state index contributed by atoms with van der Waals surface area (Å²) in [5.74, 6) is -1.55. The lowest BCUT2D eigenvalue weighted by Gasteiger charge is -2.21. The summed E-state index contributed by atoms with van der Waals surface area (Å²) in [5, 5.41) is 20.8. The minimum Gasteiger partial charge on any atom is -0.463 e. The molecule has 0 saturated carbocycles. The summed E-state index contributed by atoms with van der Waals surface area (Å²) in [6, 6.07) is 0. The molecule has 0 bridgehead atoms. The molecule has 4 N–H and O–H groups in total. The summed E-state index contributed by atoms with van der Waals surface area (Å²) in [5.41, 5.74) is 0. The Morgan fingerprint density at radius 1 is 0.221 bits per heavy atom. The second kappa shape index (κ2) is 104. The van der Waals surface area contributed by atoms with Crippen molar-refractivity contribution in [3.8, 4) is 0 Å². The fourth-order valence-corrected chi connectivity index (χ4v) is 16.7. The van der Waals surface area contributed by atoms with Crippen LogP contribution in [-0.2, 0) is 55.8 Å². The quantitative estimate of drug-likeness (QED) is 0.0146. The Kier molecular flexibility index (Phi) is 100. The highest BCUT2D eigenvalue weighted by Gasteiger charge is 2.30. The van der Waals surface area contributed by atoms with Crippen LogP contribution >= 0.6 is 15.6 Å². The molecule has 0 spiro atoms. The van der Waals surface area contributed by atoms with E-state index < -0.39 is 91.5 Å². The Morgan fingerprint density at radius 3 is 0.641 bits per heavy atom. The fourth-order valence-electron chi connectivity index (χ4n) is 15.1. The number of aliphatic hydroxyl groups is 2. The average molecular weight is 1870 g/mol. The molecule has 18 heteroatoms. The number of rotatable bonds is 102. The summed E-state index contributed by atoms with van der Waals surface area (Å²) in [7, 11) is -9.82. The number of phosphoric acid groups is 2. The van der Waals surface area contributed by atoms with Crippen LogP contribution in [0.25, 0.3) is 0 Å². The molecule has 0 rings (SSSR count). The average Bonchev–Trinajstić information content (AvgIpc) is 0.885. The zero-order chi connectivity index (χ0) is 95.0. The van der Waals surface area contributed by atoms with Crippen molar-refractivity contribution in [2.24, 2.45) is 0 Å². The van der Waals surface area contributed by atoms with Gasteiger partial charge in [-0.25, -0.2) is 9.13 Å². The van der Waals surface area contributed by atoms with Gasteiger partial charge in [-0.05, 0) is 154 Å². The molecular formula is C113H198O16P2. The van der Waals surface area contributed by atoms with Gasteiger partial charge in [-0.3, -0.25) is 32.5 Å². The molecule has 0 heterocycles.